The van der Waals surface area contributed by atoms with Crippen LogP contribution in [0.2, 0.25) is 17.6 Å². The van der Waals surface area contributed by atoms with E-state index in [2.05, 4.69) is 58.5 Å². The summed E-state index contributed by atoms with van der Waals surface area (Å²) in [6, 6.07) is 8.69. The Morgan fingerprint density at radius 3 is 1.69 bits per heavy atom. The fourth-order valence-electron chi connectivity index (χ4n) is 2.28. The third-order valence-corrected chi connectivity index (χ3v) is 10.5. The van der Waals surface area contributed by atoms with E-state index in [1.165, 1.54) is 0 Å². The average molecular weight is 236 g/mol. The first-order valence-corrected chi connectivity index (χ1v) is 8.73. The van der Waals surface area contributed by atoms with E-state index in [0.29, 0.717) is 0 Å². The first-order valence-electron chi connectivity index (χ1n) is 6.07. The lowest BCUT2D eigenvalue weighted by Crippen LogP contribution is -2.50. The van der Waals surface area contributed by atoms with Gasteiger partial charge in [0, 0.05) is 0 Å². The molecule has 0 saturated carbocycles. The predicted octanol–water partition coefficient (Wildman–Crippen LogP) is 3.80. The maximum absolute atomic E-state index is 5.22. The van der Waals surface area contributed by atoms with E-state index in [4.69, 9.17) is 4.74 Å². The lowest BCUT2D eigenvalue weighted by atomic mass is 10.3. The number of hydrogen-bond acceptors (Lipinski definition) is 1. The first-order chi connectivity index (χ1) is 7.42. The molecule has 0 heterocycles. The smallest absolute Gasteiger partial charge is 0.118 e. The van der Waals surface area contributed by atoms with Crippen molar-refractivity contribution in [2.75, 3.05) is 7.11 Å². The number of methoxy groups -OCH3 is 1. The van der Waals surface area contributed by atoms with Crippen molar-refractivity contribution < 1.29 is 4.74 Å². The highest BCUT2D eigenvalue weighted by molar-refractivity contribution is 6.92. The predicted molar refractivity (Wildman–Crippen MR) is 74.4 cm³/mol. The van der Waals surface area contributed by atoms with Crippen LogP contribution in [0.4, 0.5) is 0 Å². The van der Waals surface area contributed by atoms with Crippen LogP contribution in [0.15, 0.2) is 24.3 Å². The van der Waals surface area contributed by atoms with Gasteiger partial charge in [0.15, 0.2) is 0 Å². The zero-order valence-corrected chi connectivity index (χ0v) is 12.4. The topological polar surface area (TPSA) is 9.23 Å². The molecule has 1 rings (SSSR count). The minimum absolute atomic E-state index is 0.765. The summed E-state index contributed by atoms with van der Waals surface area (Å²) in [4.78, 5) is 0. The maximum atomic E-state index is 5.22. The third kappa shape index (κ3) is 2.32. The van der Waals surface area contributed by atoms with Crippen LogP contribution in [0, 0.1) is 0 Å². The molecule has 1 aromatic rings. The quantitative estimate of drug-likeness (QED) is 0.723. The van der Waals surface area contributed by atoms with Crippen LogP contribution in [0.1, 0.15) is 27.7 Å². The van der Waals surface area contributed by atoms with Gasteiger partial charge in [-0.15, -0.1) is 0 Å². The van der Waals surface area contributed by atoms with Crippen LogP contribution in [-0.4, -0.2) is 15.2 Å². The van der Waals surface area contributed by atoms with Gasteiger partial charge in [-0.2, -0.15) is 0 Å². The van der Waals surface area contributed by atoms with Crippen molar-refractivity contribution in [2.45, 2.75) is 45.3 Å². The maximum Gasteiger partial charge on any atom is 0.118 e. The van der Waals surface area contributed by atoms with Gasteiger partial charge in [0.25, 0.3) is 0 Å². The van der Waals surface area contributed by atoms with Gasteiger partial charge >= 0.3 is 0 Å². The molecule has 0 aliphatic carbocycles. The molecule has 1 aromatic carbocycles. The molecule has 0 bridgehead atoms. The van der Waals surface area contributed by atoms with Crippen molar-refractivity contribution in [3.8, 4) is 5.75 Å². The third-order valence-electron chi connectivity index (χ3n) is 4.11. The molecule has 0 aliphatic heterocycles. The lowest BCUT2D eigenvalue weighted by molar-refractivity contribution is 0.415. The Hall–Kier alpha value is -0.763. The van der Waals surface area contributed by atoms with E-state index in [-0.39, 0.29) is 0 Å². The second kappa shape index (κ2) is 5.04. The van der Waals surface area contributed by atoms with Gasteiger partial charge in [0.2, 0.25) is 0 Å². The van der Waals surface area contributed by atoms with Gasteiger partial charge in [-0.25, -0.2) is 0 Å². The van der Waals surface area contributed by atoms with Crippen molar-refractivity contribution in [3.63, 3.8) is 0 Å². The van der Waals surface area contributed by atoms with Crippen LogP contribution in [0.5, 0.6) is 5.75 Å². The molecule has 0 atom stereocenters. The summed E-state index contributed by atoms with van der Waals surface area (Å²) in [7, 11) is 0.347. The van der Waals surface area contributed by atoms with Crippen molar-refractivity contribution in [3.05, 3.63) is 24.3 Å². The normalized spacial score (nSPS) is 12.2. The molecule has 0 N–H and O–H groups in total. The molecular formula is C14H24OSi. The standard InChI is InChI=1S/C14H24OSi/c1-11(2)16(6,12(3)4)14-9-7-13(15-5)8-10-14/h7-12H,1-6H3. The Labute approximate surface area is 101 Å². The molecule has 90 valence electrons. The molecule has 0 radical (unpaired) electrons. The largest absolute Gasteiger partial charge is 0.497 e. The van der Waals surface area contributed by atoms with E-state index in [1.54, 1.807) is 12.3 Å². The molecule has 0 aromatic heterocycles. The Kier molecular flexibility index (Phi) is 4.19. The minimum Gasteiger partial charge on any atom is -0.497 e. The summed E-state index contributed by atoms with van der Waals surface area (Å²) in [5.74, 6) is 0.951. The van der Waals surface area contributed by atoms with Crippen LogP contribution >= 0.6 is 0 Å². The molecule has 2 heteroatoms. The first kappa shape index (κ1) is 13.3. The fourth-order valence-corrected chi connectivity index (χ4v) is 5.84. The van der Waals surface area contributed by atoms with E-state index in [1.807, 2.05) is 0 Å². The molecule has 1 nitrogen and oxygen atoms in total. The van der Waals surface area contributed by atoms with Gasteiger partial charge in [-0.3, -0.25) is 0 Å². The summed E-state index contributed by atoms with van der Waals surface area (Å²) < 4.78 is 5.22. The Balaban J connectivity index is 3.12. The van der Waals surface area contributed by atoms with Crippen LogP contribution in [0.3, 0.4) is 0 Å². The second-order valence-corrected chi connectivity index (χ2v) is 10.8. The van der Waals surface area contributed by atoms with Gasteiger partial charge < -0.3 is 4.74 Å². The highest BCUT2D eigenvalue weighted by Gasteiger charge is 2.36. The van der Waals surface area contributed by atoms with Gasteiger partial charge in [-0.05, 0) is 23.2 Å². The highest BCUT2D eigenvalue weighted by Crippen LogP contribution is 2.32. The molecule has 0 saturated heterocycles. The van der Waals surface area contributed by atoms with Gasteiger partial charge in [0.1, 0.15) is 5.75 Å². The Morgan fingerprint density at radius 2 is 1.38 bits per heavy atom. The summed E-state index contributed by atoms with van der Waals surface area (Å²) in [5.41, 5.74) is 1.53. The van der Waals surface area contributed by atoms with Crippen molar-refractivity contribution in [1.82, 2.24) is 0 Å². The average Bonchev–Trinajstić information content (AvgIpc) is 2.27. The molecule has 0 unspecified atom stereocenters. The fraction of sp³-hybridized carbons (Fsp3) is 0.571. The lowest BCUT2D eigenvalue weighted by Gasteiger charge is -2.36. The van der Waals surface area contributed by atoms with E-state index in [9.17, 15) is 0 Å². The van der Waals surface area contributed by atoms with Crippen LogP contribution in [-0.2, 0) is 0 Å². The van der Waals surface area contributed by atoms with Gasteiger partial charge in [0.05, 0.1) is 15.2 Å². The summed E-state index contributed by atoms with van der Waals surface area (Å²) in [5, 5.41) is 1.54. The van der Waals surface area contributed by atoms with E-state index < -0.39 is 8.07 Å². The molecule has 16 heavy (non-hydrogen) atoms. The number of ether oxygens (including phenoxy) is 1. The van der Waals surface area contributed by atoms with Crippen molar-refractivity contribution in [1.29, 1.82) is 0 Å². The van der Waals surface area contributed by atoms with Crippen LogP contribution in [0.25, 0.3) is 0 Å². The van der Waals surface area contributed by atoms with E-state index in [0.717, 1.165) is 16.8 Å². The summed E-state index contributed by atoms with van der Waals surface area (Å²) >= 11 is 0. The Morgan fingerprint density at radius 1 is 0.938 bits per heavy atom. The monoisotopic (exact) mass is 236 g/mol. The Bertz CT molecular complexity index is 319. The van der Waals surface area contributed by atoms with Crippen molar-refractivity contribution >= 4 is 13.3 Å². The molecule has 0 spiro atoms. The number of rotatable bonds is 4. The summed E-state index contributed by atoms with van der Waals surface area (Å²) in [6.07, 6.45) is 0. The highest BCUT2D eigenvalue weighted by atomic mass is 28.3. The minimum atomic E-state index is -1.37. The second-order valence-electron chi connectivity index (χ2n) is 5.32. The van der Waals surface area contributed by atoms with Crippen LogP contribution < -0.4 is 9.92 Å². The van der Waals surface area contributed by atoms with Crippen molar-refractivity contribution in [2.24, 2.45) is 0 Å². The number of benzene rings is 1. The molecular weight excluding hydrogens is 212 g/mol. The zero-order chi connectivity index (χ0) is 12.3. The summed E-state index contributed by atoms with van der Waals surface area (Å²) in [6.45, 7) is 11.9. The molecule has 0 fully saturated rings. The molecule has 0 amide bonds. The number of hydrogen-bond donors (Lipinski definition) is 0. The SMILES string of the molecule is COc1ccc([Si](C)(C(C)C)C(C)C)cc1. The molecule has 0 aliphatic rings. The van der Waals surface area contributed by atoms with Gasteiger partial charge in [-0.1, -0.05) is 51.6 Å². The van der Waals surface area contributed by atoms with E-state index >= 15 is 0 Å². The zero-order valence-electron chi connectivity index (χ0n) is 11.4.